The van der Waals surface area contributed by atoms with E-state index >= 15 is 0 Å². The standard InChI is InChI=1S/C18H17NS/c1-2-6-16-13(5-1)9-14(16)10-19-11-15-12-20-18-8-4-3-7-17(15)18/h1-8,12,14,19H,9-11H2. The molecule has 1 nitrogen and oxygen atoms in total. The van der Waals surface area contributed by atoms with Crippen LogP contribution in [0.4, 0.5) is 0 Å². The summed E-state index contributed by atoms with van der Waals surface area (Å²) in [5.41, 5.74) is 4.49. The van der Waals surface area contributed by atoms with Crippen LogP contribution >= 0.6 is 11.3 Å². The third-order valence-electron chi connectivity index (χ3n) is 4.23. The Morgan fingerprint density at radius 2 is 1.90 bits per heavy atom. The van der Waals surface area contributed by atoms with Crippen LogP contribution < -0.4 is 5.32 Å². The largest absolute Gasteiger partial charge is 0.312 e. The van der Waals surface area contributed by atoms with Crippen LogP contribution in [0.15, 0.2) is 53.9 Å². The normalized spacial score (nSPS) is 16.9. The first kappa shape index (κ1) is 12.1. The summed E-state index contributed by atoms with van der Waals surface area (Å²) in [5.74, 6) is 0.705. The van der Waals surface area contributed by atoms with Gasteiger partial charge in [-0.25, -0.2) is 0 Å². The van der Waals surface area contributed by atoms with E-state index < -0.39 is 0 Å². The highest BCUT2D eigenvalue weighted by atomic mass is 32.1. The average Bonchev–Trinajstić information content (AvgIpc) is 2.87. The van der Waals surface area contributed by atoms with Crippen LogP contribution in [0.2, 0.25) is 0 Å². The van der Waals surface area contributed by atoms with Gasteiger partial charge in [-0.3, -0.25) is 0 Å². The molecule has 1 aliphatic rings. The monoisotopic (exact) mass is 279 g/mol. The SMILES string of the molecule is c1ccc2c(c1)CC2CNCc1csc2ccccc12. The Morgan fingerprint density at radius 3 is 2.85 bits per heavy atom. The lowest BCUT2D eigenvalue weighted by molar-refractivity contribution is 0.537. The molecule has 1 aromatic heterocycles. The van der Waals surface area contributed by atoms with Gasteiger partial charge in [-0.15, -0.1) is 11.3 Å². The van der Waals surface area contributed by atoms with Gasteiger partial charge in [0.15, 0.2) is 0 Å². The minimum Gasteiger partial charge on any atom is -0.312 e. The Kier molecular flexibility index (Phi) is 3.06. The molecule has 20 heavy (non-hydrogen) atoms. The van der Waals surface area contributed by atoms with Crippen molar-refractivity contribution < 1.29 is 0 Å². The fourth-order valence-electron chi connectivity index (χ4n) is 3.10. The summed E-state index contributed by atoms with van der Waals surface area (Å²) in [6, 6.07) is 17.5. The Bertz CT molecular complexity index is 744. The molecule has 0 amide bonds. The van der Waals surface area contributed by atoms with Gasteiger partial charge in [-0.1, -0.05) is 42.5 Å². The first-order valence-electron chi connectivity index (χ1n) is 7.15. The number of hydrogen-bond acceptors (Lipinski definition) is 2. The zero-order valence-corrected chi connectivity index (χ0v) is 12.1. The van der Waals surface area contributed by atoms with E-state index in [1.54, 1.807) is 0 Å². The van der Waals surface area contributed by atoms with Gasteiger partial charge in [0.2, 0.25) is 0 Å². The highest BCUT2D eigenvalue weighted by molar-refractivity contribution is 7.17. The molecule has 0 spiro atoms. The van der Waals surface area contributed by atoms with Crippen LogP contribution in [0.25, 0.3) is 10.1 Å². The molecule has 1 heterocycles. The molecule has 1 N–H and O–H groups in total. The van der Waals surface area contributed by atoms with Gasteiger partial charge < -0.3 is 5.32 Å². The summed E-state index contributed by atoms with van der Waals surface area (Å²) in [7, 11) is 0. The van der Waals surface area contributed by atoms with Gasteiger partial charge in [0.05, 0.1) is 0 Å². The van der Waals surface area contributed by atoms with Crippen LogP contribution in [0.5, 0.6) is 0 Å². The predicted molar refractivity (Wildman–Crippen MR) is 86.4 cm³/mol. The van der Waals surface area contributed by atoms with Crippen LogP contribution in [-0.4, -0.2) is 6.54 Å². The number of thiophene rings is 1. The third-order valence-corrected chi connectivity index (χ3v) is 5.24. The molecule has 0 bridgehead atoms. The minimum atomic E-state index is 0.705. The first-order valence-corrected chi connectivity index (χ1v) is 8.03. The van der Waals surface area contributed by atoms with Gasteiger partial charge in [-0.05, 0) is 39.9 Å². The van der Waals surface area contributed by atoms with E-state index in [4.69, 9.17) is 0 Å². The molecule has 2 aromatic carbocycles. The number of nitrogens with one attached hydrogen (secondary N) is 1. The van der Waals surface area contributed by atoms with Gasteiger partial charge in [0, 0.05) is 23.7 Å². The highest BCUT2D eigenvalue weighted by Crippen LogP contribution is 2.34. The van der Waals surface area contributed by atoms with E-state index in [9.17, 15) is 0 Å². The lowest BCUT2D eigenvalue weighted by Gasteiger charge is -2.30. The average molecular weight is 279 g/mol. The first-order chi connectivity index (χ1) is 9.92. The molecule has 0 aliphatic heterocycles. The van der Waals surface area contributed by atoms with Crippen LogP contribution in [-0.2, 0) is 13.0 Å². The Hall–Kier alpha value is -1.64. The molecule has 0 saturated carbocycles. The summed E-state index contributed by atoms with van der Waals surface area (Å²) in [4.78, 5) is 0. The number of benzene rings is 2. The molecule has 100 valence electrons. The van der Waals surface area contributed by atoms with E-state index in [1.165, 1.54) is 33.2 Å². The van der Waals surface area contributed by atoms with E-state index in [2.05, 4.69) is 59.2 Å². The summed E-state index contributed by atoms with van der Waals surface area (Å²) in [6.45, 7) is 2.06. The van der Waals surface area contributed by atoms with Gasteiger partial charge in [-0.2, -0.15) is 0 Å². The number of hydrogen-bond donors (Lipinski definition) is 1. The topological polar surface area (TPSA) is 12.0 Å². The molecule has 3 aromatic rings. The third kappa shape index (κ3) is 2.05. The maximum atomic E-state index is 3.63. The zero-order valence-electron chi connectivity index (χ0n) is 11.3. The van der Waals surface area contributed by atoms with Crippen molar-refractivity contribution in [3.63, 3.8) is 0 Å². The van der Waals surface area contributed by atoms with Crippen molar-refractivity contribution >= 4 is 21.4 Å². The molecule has 0 saturated heterocycles. The molecule has 2 heteroatoms. The summed E-state index contributed by atoms with van der Waals surface area (Å²) < 4.78 is 1.39. The molecule has 4 rings (SSSR count). The zero-order chi connectivity index (χ0) is 13.4. The van der Waals surface area contributed by atoms with Crippen LogP contribution in [0.1, 0.15) is 22.6 Å². The van der Waals surface area contributed by atoms with Crippen molar-refractivity contribution in [2.45, 2.75) is 18.9 Å². The predicted octanol–water partition coefficient (Wildman–Crippen LogP) is 4.33. The molecule has 1 atom stereocenters. The van der Waals surface area contributed by atoms with E-state index in [0.29, 0.717) is 5.92 Å². The Labute approximate surface area is 123 Å². The molecule has 1 unspecified atom stereocenters. The van der Waals surface area contributed by atoms with Gasteiger partial charge in [0.1, 0.15) is 0 Å². The lowest BCUT2D eigenvalue weighted by atomic mass is 9.77. The summed E-state index contributed by atoms with van der Waals surface area (Å²) in [6.07, 6.45) is 1.23. The minimum absolute atomic E-state index is 0.705. The van der Waals surface area contributed by atoms with Crippen LogP contribution in [0.3, 0.4) is 0 Å². The van der Waals surface area contributed by atoms with Crippen molar-refractivity contribution in [3.05, 3.63) is 70.6 Å². The van der Waals surface area contributed by atoms with Crippen molar-refractivity contribution in [1.82, 2.24) is 5.32 Å². The Balaban J connectivity index is 1.40. The summed E-state index contributed by atoms with van der Waals surface area (Å²) in [5, 5.41) is 7.32. The Morgan fingerprint density at radius 1 is 1.05 bits per heavy atom. The molecule has 0 fully saturated rings. The maximum Gasteiger partial charge on any atom is 0.0346 e. The second-order valence-corrected chi connectivity index (χ2v) is 6.40. The molecule has 0 radical (unpaired) electrons. The van der Waals surface area contributed by atoms with E-state index in [0.717, 1.165) is 13.1 Å². The van der Waals surface area contributed by atoms with Crippen molar-refractivity contribution in [1.29, 1.82) is 0 Å². The number of fused-ring (bicyclic) bond motifs is 2. The van der Waals surface area contributed by atoms with Crippen LogP contribution in [0, 0.1) is 0 Å². The smallest absolute Gasteiger partial charge is 0.0346 e. The second-order valence-electron chi connectivity index (χ2n) is 5.49. The van der Waals surface area contributed by atoms with Crippen molar-refractivity contribution in [2.24, 2.45) is 0 Å². The quantitative estimate of drug-likeness (QED) is 0.749. The summed E-state index contributed by atoms with van der Waals surface area (Å²) >= 11 is 1.84. The number of rotatable bonds is 4. The fourth-order valence-corrected chi connectivity index (χ4v) is 4.06. The fraction of sp³-hybridized carbons (Fsp3) is 0.222. The van der Waals surface area contributed by atoms with E-state index in [-0.39, 0.29) is 0 Å². The van der Waals surface area contributed by atoms with Gasteiger partial charge >= 0.3 is 0 Å². The second kappa shape index (κ2) is 5.04. The van der Waals surface area contributed by atoms with E-state index in [1.807, 2.05) is 11.3 Å². The highest BCUT2D eigenvalue weighted by Gasteiger charge is 2.24. The lowest BCUT2D eigenvalue weighted by Crippen LogP contribution is -2.28. The van der Waals surface area contributed by atoms with Gasteiger partial charge in [0.25, 0.3) is 0 Å². The van der Waals surface area contributed by atoms with Crippen molar-refractivity contribution in [3.8, 4) is 0 Å². The maximum absolute atomic E-state index is 3.63. The molecule has 1 aliphatic carbocycles. The van der Waals surface area contributed by atoms with Crippen molar-refractivity contribution in [2.75, 3.05) is 6.54 Å². The molecular formula is C18H17NS. The molecular weight excluding hydrogens is 262 g/mol.